The van der Waals surface area contributed by atoms with E-state index in [1.54, 1.807) is 4.90 Å². The largest absolute Gasteiger partial charge is 0.444 e. The molecule has 4 rings (SSSR count). The molecule has 1 aliphatic heterocycles. The van der Waals surface area contributed by atoms with Gasteiger partial charge < -0.3 is 9.64 Å². The van der Waals surface area contributed by atoms with Crippen LogP contribution in [0.4, 0.5) is 9.18 Å². The van der Waals surface area contributed by atoms with Gasteiger partial charge in [0.05, 0.1) is 16.5 Å². The highest BCUT2D eigenvalue weighted by atomic mass is 32.2. The van der Waals surface area contributed by atoms with Crippen molar-refractivity contribution in [2.75, 3.05) is 6.54 Å². The molecule has 1 heterocycles. The normalized spacial score (nSPS) is 19.6. The van der Waals surface area contributed by atoms with Gasteiger partial charge in [0.15, 0.2) is 0 Å². The SMILES string of the molecule is CCN(C(=O)OC(C)(C)C)C(Cc1ccccc1)C1=C(c2ccc(F)cc2)S(=O)(=O)NC12CCCCC2. The van der Waals surface area contributed by atoms with Crippen molar-refractivity contribution in [3.05, 3.63) is 77.1 Å². The van der Waals surface area contributed by atoms with Gasteiger partial charge in [0.25, 0.3) is 0 Å². The van der Waals surface area contributed by atoms with Crippen molar-refractivity contribution in [3.63, 3.8) is 0 Å². The van der Waals surface area contributed by atoms with Crippen LogP contribution in [0.3, 0.4) is 0 Å². The van der Waals surface area contributed by atoms with E-state index in [0.717, 1.165) is 24.8 Å². The molecule has 1 fully saturated rings. The third-order valence-electron chi connectivity index (χ3n) is 7.12. The summed E-state index contributed by atoms with van der Waals surface area (Å²) in [5.74, 6) is -0.439. The van der Waals surface area contributed by atoms with Gasteiger partial charge in [-0.1, -0.05) is 61.7 Å². The van der Waals surface area contributed by atoms with Gasteiger partial charge in [-0.05, 0) is 75.8 Å². The minimum Gasteiger partial charge on any atom is -0.444 e. The van der Waals surface area contributed by atoms with Crippen LogP contribution in [0.1, 0.15) is 70.9 Å². The molecule has 1 aliphatic carbocycles. The maximum atomic E-state index is 13.9. The predicted octanol–water partition coefficient (Wildman–Crippen LogP) is 6.04. The molecular formula is C29H37FN2O4S. The molecule has 200 valence electrons. The van der Waals surface area contributed by atoms with Crippen molar-refractivity contribution >= 4 is 21.0 Å². The second kappa shape index (κ2) is 10.6. The Kier molecular flexibility index (Phi) is 7.81. The highest BCUT2D eigenvalue weighted by molar-refractivity contribution is 7.99. The van der Waals surface area contributed by atoms with E-state index in [1.807, 2.05) is 58.0 Å². The first kappa shape index (κ1) is 27.3. The molecule has 37 heavy (non-hydrogen) atoms. The quantitative estimate of drug-likeness (QED) is 0.496. The van der Waals surface area contributed by atoms with E-state index in [2.05, 4.69) is 4.72 Å². The Balaban J connectivity index is 1.97. The van der Waals surface area contributed by atoms with Crippen LogP contribution in [0.15, 0.2) is 60.2 Å². The molecule has 0 saturated heterocycles. The minimum absolute atomic E-state index is 0.150. The lowest BCUT2D eigenvalue weighted by Gasteiger charge is -2.42. The summed E-state index contributed by atoms with van der Waals surface area (Å²) >= 11 is 0. The fourth-order valence-electron chi connectivity index (χ4n) is 5.64. The zero-order chi connectivity index (χ0) is 26.8. The van der Waals surface area contributed by atoms with Crippen molar-refractivity contribution in [2.45, 2.75) is 83.4 Å². The molecule has 1 spiro atoms. The van der Waals surface area contributed by atoms with Gasteiger partial charge >= 0.3 is 6.09 Å². The van der Waals surface area contributed by atoms with E-state index in [4.69, 9.17) is 4.74 Å². The Morgan fingerprint density at radius 2 is 1.68 bits per heavy atom. The summed E-state index contributed by atoms with van der Waals surface area (Å²) < 4.78 is 50.3. The summed E-state index contributed by atoms with van der Waals surface area (Å²) in [7, 11) is -3.92. The first-order chi connectivity index (χ1) is 17.5. The number of nitrogens with one attached hydrogen (secondary N) is 1. The molecule has 0 radical (unpaired) electrons. The molecule has 1 atom stereocenters. The van der Waals surface area contributed by atoms with E-state index >= 15 is 0 Å². The maximum absolute atomic E-state index is 13.9. The average molecular weight is 529 g/mol. The topological polar surface area (TPSA) is 75.7 Å². The van der Waals surface area contributed by atoms with Gasteiger partial charge in [-0.2, -0.15) is 0 Å². The number of halogens is 1. The van der Waals surface area contributed by atoms with Crippen LogP contribution in [0.25, 0.3) is 4.91 Å². The molecular weight excluding hydrogens is 491 g/mol. The van der Waals surface area contributed by atoms with Gasteiger partial charge in [0.1, 0.15) is 11.4 Å². The number of hydrogen-bond acceptors (Lipinski definition) is 4. The van der Waals surface area contributed by atoms with Crippen LogP contribution in [-0.2, 0) is 21.2 Å². The molecule has 6 nitrogen and oxygen atoms in total. The number of amides is 1. The summed E-state index contributed by atoms with van der Waals surface area (Å²) in [5.41, 5.74) is 0.560. The molecule has 1 amide bonds. The lowest BCUT2D eigenvalue weighted by Crippen LogP contribution is -2.53. The van der Waals surface area contributed by atoms with Gasteiger partial charge in [0, 0.05) is 6.54 Å². The minimum atomic E-state index is -3.92. The number of carbonyl (C=O) groups excluding carboxylic acids is 1. The number of hydrogen-bond donors (Lipinski definition) is 1. The standard InChI is InChI=1S/C29H37FN2O4S/c1-5-32(27(33)36-28(2,3)4)24(20-21-12-8-6-9-13-21)25-26(22-14-16-23(30)17-15-22)37(34,35)31-29(25)18-10-7-11-19-29/h6,8-9,12-17,24,31H,5,7,10-11,18-20H2,1-4H3. The summed E-state index contributed by atoms with van der Waals surface area (Å²) in [6, 6.07) is 14.8. The molecule has 1 unspecified atom stereocenters. The van der Waals surface area contributed by atoms with Gasteiger partial charge in [-0.15, -0.1) is 0 Å². The first-order valence-electron chi connectivity index (χ1n) is 13.0. The number of sulfonamides is 1. The van der Waals surface area contributed by atoms with Crippen LogP contribution in [0.5, 0.6) is 0 Å². The van der Waals surface area contributed by atoms with Gasteiger partial charge in [-0.25, -0.2) is 22.3 Å². The molecule has 2 aliphatic rings. The lowest BCUT2D eigenvalue weighted by molar-refractivity contribution is 0.0190. The monoisotopic (exact) mass is 528 g/mol. The molecule has 2 aromatic carbocycles. The molecule has 0 aromatic heterocycles. The Morgan fingerprint density at radius 1 is 1.05 bits per heavy atom. The van der Waals surface area contributed by atoms with Crippen LogP contribution >= 0.6 is 0 Å². The second-order valence-corrected chi connectivity index (χ2v) is 12.6. The Bertz CT molecular complexity index is 1250. The number of rotatable bonds is 6. The summed E-state index contributed by atoms with van der Waals surface area (Å²) in [6.45, 7) is 7.67. The van der Waals surface area contributed by atoms with E-state index in [0.29, 0.717) is 36.9 Å². The molecule has 1 N–H and O–H groups in total. The predicted molar refractivity (Wildman–Crippen MR) is 144 cm³/mol. The Morgan fingerprint density at radius 3 is 2.24 bits per heavy atom. The van der Waals surface area contributed by atoms with Crippen molar-refractivity contribution in [1.82, 2.24) is 9.62 Å². The highest BCUT2D eigenvalue weighted by Gasteiger charge is 2.53. The highest BCUT2D eigenvalue weighted by Crippen LogP contribution is 2.48. The maximum Gasteiger partial charge on any atom is 0.410 e. The van der Waals surface area contributed by atoms with Crippen LogP contribution in [0, 0.1) is 5.82 Å². The van der Waals surface area contributed by atoms with Crippen molar-refractivity contribution < 1.29 is 22.3 Å². The van der Waals surface area contributed by atoms with E-state index < -0.39 is 39.1 Å². The number of nitrogens with zero attached hydrogens (tertiary/aromatic N) is 1. The van der Waals surface area contributed by atoms with E-state index in [-0.39, 0.29) is 4.91 Å². The Hall–Kier alpha value is -2.71. The lowest BCUT2D eigenvalue weighted by atomic mass is 9.72. The molecule has 2 aromatic rings. The third-order valence-corrected chi connectivity index (χ3v) is 8.77. The van der Waals surface area contributed by atoms with Crippen molar-refractivity contribution in [2.24, 2.45) is 0 Å². The van der Waals surface area contributed by atoms with Crippen molar-refractivity contribution in [3.8, 4) is 0 Å². The summed E-state index contributed by atoms with van der Waals surface area (Å²) in [4.78, 5) is 15.4. The van der Waals surface area contributed by atoms with Crippen LogP contribution < -0.4 is 4.72 Å². The first-order valence-corrected chi connectivity index (χ1v) is 14.5. The third kappa shape index (κ3) is 5.91. The zero-order valence-electron chi connectivity index (χ0n) is 22.1. The van der Waals surface area contributed by atoms with Crippen molar-refractivity contribution in [1.29, 1.82) is 0 Å². The molecule has 0 bridgehead atoms. The summed E-state index contributed by atoms with van der Waals surface area (Å²) in [5, 5.41) is 0. The smallest absolute Gasteiger partial charge is 0.410 e. The van der Waals surface area contributed by atoms with E-state index in [1.165, 1.54) is 24.3 Å². The number of likely N-dealkylation sites (N-methyl/N-ethyl adjacent to an activating group) is 1. The fourth-order valence-corrected chi connectivity index (χ4v) is 7.63. The van der Waals surface area contributed by atoms with E-state index in [9.17, 15) is 17.6 Å². The number of benzene rings is 2. The average Bonchev–Trinajstić information content (AvgIpc) is 3.05. The fraction of sp³-hybridized carbons (Fsp3) is 0.483. The second-order valence-electron chi connectivity index (χ2n) is 11.0. The zero-order valence-corrected chi connectivity index (χ0v) is 22.9. The Labute approximate surface area is 220 Å². The molecule has 8 heteroatoms. The number of ether oxygens (including phenoxy) is 1. The van der Waals surface area contributed by atoms with Crippen LogP contribution in [-0.4, -0.2) is 43.1 Å². The van der Waals surface area contributed by atoms with Gasteiger partial charge in [0.2, 0.25) is 10.0 Å². The number of carbonyl (C=O) groups is 1. The van der Waals surface area contributed by atoms with Gasteiger partial charge in [-0.3, -0.25) is 0 Å². The van der Waals surface area contributed by atoms with Crippen LogP contribution in [0.2, 0.25) is 0 Å². The molecule has 1 saturated carbocycles. The summed E-state index contributed by atoms with van der Waals surface area (Å²) in [6.07, 6.45) is 3.99.